The number of carboxylic acids is 1. The smallest absolute Gasteiger partial charge is 0.493 e. The molecule has 1 aromatic rings. The van der Waals surface area contributed by atoms with Crippen LogP contribution in [-0.2, 0) is 38.3 Å². The van der Waals surface area contributed by atoms with Crippen molar-refractivity contribution in [2.45, 2.75) is 78.2 Å². The molecular weight excluding hydrogens is 792 g/mol. The molecule has 19 heteroatoms. The van der Waals surface area contributed by atoms with Gasteiger partial charge in [0.1, 0.15) is 0 Å². The van der Waals surface area contributed by atoms with Crippen molar-refractivity contribution in [3.05, 3.63) is 73.9 Å². The lowest BCUT2D eigenvalue weighted by atomic mass is 9.46. The van der Waals surface area contributed by atoms with Crippen LogP contribution >= 0.6 is 0 Å². The lowest BCUT2D eigenvalue weighted by Crippen LogP contribution is -2.56. The van der Waals surface area contributed by atoms with Crippen LogP contribution in [0.15, 0.2) is 48.1 Å². The van der Waals surface area contributed by atoms with Crippen molar-refractivity contribution in [3.8, 4) is 11.5 Å². The van der Waals surface area contributed by atoms with Gasteiger partial charge in [-0.1, -0.05) is 38.5 Å². The van der Waals surface area contributed by atoms with E-state index in [-0.39, 0.29) is 79.4 Å². The highest BCUT2D eigenvalue weighted by Crippen LogP contribution is 2.67. The van der Waals surface area contributed by atoms with Gasteiger partial charge in [0, 0.05) is 29.7 Å². The van der Waals surface area contributed by atoms with Crippen LogP contribution in [0.2, 0.25) is 0 Å². The molecule has 8 unspecified atom stereocenters. The maximum Gasteiger partial charge on any atom is 0.514 e. The highest BCUT2D eigenvalue weighted by molar-refractivity contribution is 6.01. The number of fused-ring (bicyclic) bond motifs is 5. The third kappa shape index (κ3) is 11.9. The van der Waals surface area contributed by atoms with Crippen molar-refractivity contribution in [2.75, 3.05) is 33.5 Å². The molecule has 19 nitrogen and oxygen atoms in total. The third-order valence-electron chi connectivity index (χ3n) is 12.0. The molecule has 8 atom stereocenters. The number of aliphatic carboxylic acids is 1. The van der Waals surface area contributed by atoms with Crippen molar-refractivity contribution in [1.29, 1.82) is 0 Å². The minimum atomic E-state index is -1.07. The second kappa shape index (κ2) is 20.9. The summed E-state index contributed by atoms with van der Waals surface area (Å²) in [6, 6.07) is 4.60. The van der Waals surface area contributed by atoms with E-state index in [1.165, 1.54) is 25.3 Å². The number of carboxylic acid groups (broad SMARTS) is 1. The molecule has 0 bridgehead atoms. The van der Waals surface area contributed by atoms with Gasteiger partial charge in [0.15, 0.2) is 29.7 Å². The summed E-state index contributed by atoms with van der Waals surface area (Å²) in [6.45, 7) is 5.64. The van der Waals surface area contributed by atoms with Crippen LogP contribution in [-0.4, -0.2) is 89.7 Å². The summed E-state index contributed by atoms with van der Waals surface area (Å²) in [5.74, 6) is -1.56. The number of aliphatic hydroxyl groups is 1. The van der Waals surface area contributed by atoms with Crippen molar-refractivity contribution in [3.63, 3.8) is 0 Å². The van der Waals surface area contributed by atoms with Crippen LogP contribution in [0.5, 0.6) is 11.5 Å². The van der Waals surface area contributed by atoms with Crippen molar-refractivity contribution in [2.24, 2.45) is 40.4 Å². The normalized spacial score (nSPS) is 27.4. The molecule has 3 fully saturated rings. The number of unbranched alkanes of at least 4 members (excludes halogenated alkanes) is 1. The molecule has 4 aliphatic rings. The predicted molar refractivity (Wildman–Crippen MR) is 208 cm³/mol. The lowest BCUT2D eigenvalue weighted by Gasteiger charge is -2.58. The number of hydrogen-bond donors (Lipinski definition) is 2. The zero-order chi connectivity index (χ0) is 44.2. The van der Waals surface area contributed by atoms with E-state index in [2.05, 4.69) is 30.4 Å². The first-order valence-electron chi connectivity index (χ1n) is 19.7. The van der Waals surface area contributed by atoms with Crippen LogP contribution in [0, 0.1) is 60.6 Å². The van der Waals surface area contributed by atoms with Gasteiger partial charge in [-0.15, -0.1) is 20.2 Å². The highest BCUT2D eigenvalue weighted by Gasteiger charge is 2.64. The molecule has 0 aliphatic heterocycles. The summed E-state index contributed by atoms with van der Waals surface area (Å²) >= 11 is 0. The molecule has 0 amide bonds. The van der Waals surface area contributed by atoms with E-state index >= 15 is 0 Å². The van der Waals surface area contributed by atoms with E-state index in [4.69, 9.17) is 24.1 Å². The number of ether oxygens (including phenoxy) is 4. The Bertz CT molecular complexity index is 1860. The largest absolute Gasteiger partial charge is 0.514 e. The summed E-state index contributed by atoms with van der Waals surface area (Å²) in [5.41, 5.74) is 0.772. The molecule has 0 spiro atoms. The van der Waals surface area contributed by atoms with Crippen LogP contribution in [0.1, 0.15) is 77.7 Å². The maximum absolute atomic E-state index is 13.7. The SMILES string of the molecule is COc1cc(/C=C/C(=O)OCCCCO[N+](=O)[O-])ccc1OC(=O)OCC(=O)C1C(C)CC2C3CCC4=CC(=O)C=CC4(C)C3C(O)CC21C.O=C(O)CCCO[N+](=O)[O-]. The summed E-state index contributed by atoms with van der Waals surface area (Å²) in [4.78, 5) is 88.1. The van der Waals surface area contributed by atoms with Gasteiger partial charge in [-0.05, 0) is 104 Å². The number of benzene rings is 1. The predicted octanol–water partition coefficient (Wildman–Crippen LogP) is 5.53. The number of allylic oxidation sites excluding steroid dienone is 4. The number of carbonyl (C=O) groups excluding carboxylic acids is 4. The van der Waals surface area contributed by atoms with E-state index in [1.807, 2.05) is 6.08 Å². The fraction of sp³-hybridized carbons (Fsp3) is 0.585. The Hall–Kier alpha value is -5.85. The van der Waals surface area contributed by atoms with Gasteiger partial charge in [0.2, 0.25) is 0 Å². The average molecular weight is 845 g/mol. The third-order valence-corrected chi connectivity index (χ3v) is 12.0. The van der Waals surface area contributed by atoms with Gasteiger partial charge in [-0.3, -0.25) is 14.4 Å². The van der Waals surface area contributed by atoms with E-state index in [0.29, 0.717) is 24.8 Å². The monoisotopic (exact) mass is 844 g/mol. The van der Waals surface area contributed by atoms with E-state index in [1.54, 1.807) is 24.3 Å². The summed E-state index contributed by atoms with van der Waals surface area (Å²) in [6.07, 6.45) is 10.0. The second-order valence-corrected chi connectivity index (χ2v) is 15.8. The molecule has 5 rings (SSSR count). The van der Waals surface area contributed by atoms with Crippen molar-refractivity contribution < 1.29 is 73.0 Å². The number of carbonyl (C=O) groups is 5. The Kier molecular flexibility index (Phi) is 16.3. The molecule has 328 valence electrons. The number of methoxy groups -OCH3 is 1. The molecular formula is C41H52N2O17. The van der Waals surface area contributed by atoms with Gasteiger partial charge in [0.25, 0.3) is 10.2 Å². The lowest BCUT2D eigenvalue weighted by molar-refractivity contribution is -0.757. The Morgan fingerprint density at radius 3 is 2.33 bits per heavy atom. The molecule has 3 saturated carbocycles. The first-order chi connectivity index (χ1) is 28.4. The van der Waals surface area contributed by atoms with E-state index < -0.39 is 57.7 Å². The first kappa shape index (κ1) is 46.8. The number of rotatable bonds is 18. The van der Waals surface area contributed by atoms with Gasteiger partial charge in [-0.2, -0.15) is 0 Å². The fourth-order valence-electron chi connectivity index (χ4n) is 9.68. The number of aliphatic hydroxyl groups excluding tert-OH is 1. The van der Waals surface area contributed by atoms with Gasteiger partial charge < -0.3 is 38.8 Å². The molecule has 60 heavy (non-hydrogen) atoms. The van der Waals surface area contributed by atoms with Gasteiger partial charge in [0.05, 0.1) is 33.0 Å². The Balaban J connectivity index is 0.000000703. The number of hydrogen-bond acceptors (Lipinski definition) is 16. The summed E-state index contributed by atoms with van der Waals surface area (Å²) in [7, 11) is 1.39. The van der Waals surface area contributed by atoms with E-state index in [0.717, 1.165) is 24.8 Å². The van der Waals surface area contributed by atoms with Crippen LogP contribution in [0.4, 0.5) is 4.79 Å². The Morgan fingerprint density at radius 1 is 0.983 bits per heavy atom. The zero-order valence-electron chi connectivity index (χ0n) is 34.0. The zero-order valence-corrected chi connectivity index (χ0v) is 34.0. The molecule has 0 saturated heterocycles. The van der Waals surface area contributed by atoms with Crippen LogP contribution < -0.4 is 9.47 Å². The molecule has 1 aromatic carbocycles. The topological polar surface area (TPSA) is 267 Å². The van der Waals surface area contributed by atoms with Crippen LogP contribution in [0.3, 0.4) is 0 Å². The Labute approximate surface area is 345 Å². The number of esters is 1. The average Bonchev–Trinajstić information content (AvgIpc) is 3.45. The molecule has 0 aromatic heterocycles. The summed E-state index contributed by atoms with van der Waals surface area (Å²) in [5, 5.41) is 37.5. The first-order valence-corrected chi connectivity index (χ1v) is 19.7. The van der Waals surface area contributed by atoms with Crippen LogP contribution in [0.25, 0.3) is 6.08 Å². The number of Topliss-reactive ketones (excluding diaryl/α,β-unsaturated/α-hetero) is 1. The molecule has 0 heterocycles. The molecule has 0 radical (unpaired) electrons. The number of nitrogens with zero attached hydrogens (tertiary/aromatic N) is 2. The summed E-state index contributed by atoms with van der Waals surface area (Å²) < 4.78 is 21.1. The van der Waals surface area contributed by atoms with Crippen molar-refractivity contribution in [1.82, 2.24) is 0 Å². The quantitative estimate of drug-likeness (QED) is 0.0459. The maximum atomic E-state index is 13.7. The molecule has 4 aliphatic carbocycles. The molecule has 2 N–H and O–H groups in total. The highest BCUT2D eigenvalue weighted by atomic mass is 17.0. The second-order valence-electron chi connectivity index (χ2n) is 15.8. The fourth-order valence-corrected chi connectivity index (χ4v) is 9.68. The standard InChI is InChI=1S/C37H45NO12.C4H7NO5/c1-22-17-27-26-10-9-24-19-25(39)13-14-36(24,2)34(26)28(40)20-37(27,3)33(22)29(41)21-48-35(43)50-30-11-7-23(18-31(30)46-4)8-12-32(42)47-15-5-6-16-49-38(44)45;6-4(7)2-1-3-10-5(8)9/h7-8,11-14,18-19,22,26-28,33-34,40H,5-6,9-10,15-17,20-21H2,1-4H3;1-3H2,(H,6,7)/b12-8+;. The van der Waals surface area contributed by atoms with Gasteiger partial charge >= 0.3 is 18.1 Å². The van der Waals surface area contributed by atoms with Crippen molar-refractivity contribution >= 4 is 35.7 Å². The number of ketones is 2. The van der Waals surface area contributed by atoms with Gasteiger partial charge in [-0.25, -0.2) is 9.59 Å². The minimum Gasteiger partial charge on any atom is -0.493 e. The minimum absolute atomic E-state index is 0.0111. The van der Waals surface area contributed by atoms with E-state index in [9.17, 15) is 49.3 Å². The Morgan fingerprint density at radius 2 is 1.67 bits per heavy atom.